The summed E-state index contributed by atoms with van der Waals surface area (Å²) in [5, 5.41) is 7.13. The first-order chi connectivity index (χ1) is 13.8. The summed E-state index contributed by atoms with van der Waals surface area (Å²) in [5.74, 6) is -0.279. The maximum atomic E-state index is 12.5. The van der Waals surface area contributed by atoms with E-state index in [1.54, 1.807) is 24.7 Å². The van der Waals surface area contributed by atoms with E-state index in [0.717, 1.165) is 11.3 Å². The van der Waals surface area contributed by atoms with Gasteiger partial charge in [0.05, 0.1) is 16.8 Å². The number of aromatic nitrogens is 2. The van der Waals surface area contributed by atoms with Crippen molar-refractivity contribution < 1.29 is 13.2 Å². The second kappa shape index (κ2) is 8.59. The average Bonchev–Trinajstić information content (AvgIpc) is 3.21. The predicted molar refractivity (Wildman–Crippen MR) is 111 cm³/mol. The lowest BCUT2D eigenvalue weighted by Crippen LogP contribution is -2.33. The predicted octanol–water partition coefficient (Wildman–Crippen LogP) is 2.83. The van der Waals surface area contributed by atoms with Gasteiger partial charge in [-0.1, -0.05) is 18.2 Å². The number of carbonyl (C=O) groups excluding carboxylic acids is 1. The number of carbonyl (C=O) groups is 1. The number of rotatable bonds is 7. The minimum Gasteiger partial charge on any atom is -0.348 e. The largest absolute Gasteiger partial charge is 0.348 e. The summed E-state index contributed by atoms with van der Waals surface area (Å²) in [5.41, 5.74) is 2.19. The third-order valence-electron chi connectivity index (χ3n) is 4.63. The van der Waals surface area contributed by atoms with Crippen LogP contribution in [0.5, 0.6) is 0 Å². The fourth-order valence-corrected chi connectivity index (χ4v) is 4.05. The van der Waals surface area contributed by atoms with Crippen molar-refractivity contribution in [2.75, 3.05) is 7.05 Å². The van der Waals surface area contributed by atoms with Crippen LogP contribution in [-0.2, 0) is 16.6 Å². The van der Waals surface area contributed by atoms with Crippen molar-refractivity contribution in [2.24, 2.45) is 0 Å². The fraction of sp³-hybridized carbons (Fsp3) is 0.238. The average molecular weight is 413 g/mol. The Labute approximate surface area is 171 Å². The van der Waals surface area contributed by atoms with E-state index >= 15 is 0 Å². The molecule has 7 nitrogen and oxygen atoms in total. The Kier molecular flexibility index (Phi) is 6.14. The number of para-hydroxylation sites is 1. The molecule has 1 aromatic heterocycles. The molecule has 0 bridgehead atoms. The molecular formula is C21H24N4O3S. The standard InChI is InChI=1S/C21H24N4O3S/c1-16(2)24(3)29(27,28)20-11-9-18(10-12-20)21(26)22-13-17-14-23-25(15-17)19-7-5-4-6-8-19/h4-12,14-16H,13H2,1-3H3,(H,22,26). The number of sulfonamides is 1. The van der Waals surface area contributed by atoms with E-state index in [-0.39, 0.29) is 16.8 Å². The van der Waals surface area contributed by atoms with Gasteiger partial charge in [0, 0.05) is 37.0 Å². The number of amides is 1. The van der Waals surface area contributed by atoms with E-state index in [0.29, 0.717) is 12.1 Å². The maximum Gasteiger partial charge on any atom is 0.251 e. The summed E-state index contributed by atoms with van der Waals surface area (Å²) in [6.07, 6.45) is 3.55. The summed E-state index contributed by atoms with van der Waals surface area (Å²) in [7, 11) is -2.03. The van der Waals surface area contributed by atoms with Crippen LogP contribution in [0.3, 0.4) is 0 Å². The van der Waals surface area contributed by atoms with Crippen molar-refractivity contribution in [3.63, 3.8) is 0 Å². The van der Waals surface area contributed by atoms with Crippen molar-refractivity contribution in [1.82, 2.24) is 19.4 Å². The van der Waals surface area contributed by atoms with E-state index in [1.165, 1.54) is 35.6 Å². The summed E-state index contributed by atoms with van der Waals surface area (Å²) in [6, 6.07) is 15.5. The van der Waals surface area contributed by atoms with Gasteiger partial charge in [-0.05, 0) is 50.2 Å². The molecule has 3 aromatic rings. The van der Waals surface area contributed by atoms with Crippen molar-refractivity contribution in [3.8, 4) is 5.69 Å². The zero-order valence-corrected chi connectivity index (χ0v) is 17.4. The monoisotopic (exact) mass is 412 g/mol. The van der Waals surface area contributed by atoms with E-state index in [1.807, 2.05) is 36.5 Å². The van der Waals surface area contributed by atoms with Crippen LogP contribution >= 0.6 is 0 Å². The van der Waals surface area contributed by atoms with Gasteiger partial charge in [0.2, 0.25) is 10.0 Å². The van der Waals surface area contributed by atoms with Crippen LogP contribution in [0.1, 0.15) is 29.8 Å². The molecule has 0 atom stereocenters. The second-order valence-corrected chi connectivity index (χ2v) is 8.95. The number of benzene rings is 2. The zero-order chi connectivity index (χ0) is 21.0. The van der Waals surface area contributed by atoms with Crippen LogP contribution in [0.4, 0.5) is 0 Å². The minimum absolute atomic E-state index is 0.153. The topological polar surface area (TPSA) is 84.3 Å². The van der Waals surface area contributed by atoms with Crippen LogP contribution in [0.2, 0.25) is 0 Å². The Morgan fingerprint density at radius 3 is 2.38 bits per heavy atom. The second-order valence-electron chi connectivity index (χ2n) is 6.95. The molecule has 0 aliphatic rings. The molecule has 0 fully saturated rings. The molecule has 0 saturated carbocycles. The molecule has 0 saturated heterocycles. The van der Waals surface area contributed by atoms with Gasteiger partial charge < -0.3 is 5.32 Å². The third-order valence-corrected chi connectivity index (χ3v) is 6.68. The van der Waals surface area contributed by atoms with Crippen LogP contribution in [0, 0.1) is 0 Å². The number of hydrogen-bond acceptors (Lipinski definition) is 4. The smallest absolute Gasteiger partial charge is 0.251 e. The summed E-state index contributed by atoms with van der Waals surface area (Å²) < 4.78 is 28.0. The van der Waals surface area contributed by atoms with Crippen LogP contribution < -0.4 is 5.32 Å². The van der Waals surface area contributed by atoms with Crippen LogP contribution in [0.25, 0.3) is 5.69 Å². The Bertz CT molecular complexity index is 1070. The van der Waals surface area contributed by atoms with Crippen LogP contribution in [-0.4, -0.2) is 41.5 Å². The molecule has 1 amide bonds. The minimum atomic E-state index is -3.57. The molecule has 0 spiro atoms. The highest BCUT2D eigenvalue weighted by Gasteiger charge is 2.23. The maximum absolute atomic E-state index is 12.5. The van der Waals surface area contributed by atoms with Crippen LogP contribution in [0.15, 0.2) is 71.9 Å². The molecule has 0 radical (unpaired) electrons. The van der Waals surface area contributed by atoms with Gasteiger partial charge in [-0.25, -0.2) is 13.1 Å². The Balaban J connectivity index is 1.64. The molecule has 2 aromatic carbocycles. The Hall–Kier alpha value is -2.97. The molecule has 1 N–H and O–H groups in total. The normalized spacial score (nSPS) is 11.8. The first-order valence-corrected chi connectivity index (χ1v) is 10.7. The molecule has 0 aliphatic heterocycles. The summed E-state index contributed by atoms with van der Waals surface area (Å²) in [6.45, 7) is 3.93. The first kappa shape index (κ1) is 20.8. The fourth-order valence-electron chi connectivity index (χ4n) is 2.68. The van der Waals surface area contributed by atoms with E-state index in [4.69, 9.17) is 0 Å². The third kappa shape index (κ3) is 4.72. The highest BCUT2D eigenvalue weighted by molar-refractivity contribution is 7.89. The number of nitrogens with one attached hydrogen (secondary N) is 1. The summed E-state index contributed by atoms with van der Waals surface area (Å²) >= 11 is 0. The van der Waals surface area contributed by atoms with Gasteiger partial charge in [0.15, 0.2) is 0 Å². The molecule has 0 unspecified atom stereocenters. The lowest BCUT2D eigenvalue weighted by molar-refractivity contribution is 0.0951. The Morgan fingerprint density at radius 2 is 1.76 bits per heavy atom. The number of nitrogens with zero attached hydrogens (tertiary/aromatic N) is 3. The van der Waals surface area contributed by atoms with Crippen molar-refractivity contribution in [3.05, 3.63) is 78.1 Å². The van der Waals surface area contributed by atoms with E-state index in [2.05, 4.69) is 10.4 Å². The van der Waals surface area contributed by atoms with Gasteiger partial charge in [-0.15, -0.1) is 0 Å². The molecular weight excluding hydrogens is 388 g/mol. The molecule has 1 heterocycles. The molecule has 29 heavy (non-hydrogen) atoms. The van der Waals surface area contributed by atoms with E-state index < -0.39 is 10.0 Å². The Morgan fingerprint density at radius 1 is 1.10 bits per heavy atom. The van der Waals surface area contributed by atoms with Gasteiger partial charge in [0.25, 0.3) is 5.91 Å². The summed E-state index contributed by atoms with van der Waals surface area (Å²) in [4.78, 5) is 12.6. The molecule has 3 rings (SSSR count). The highest BCUT2D eigenvalue weighted by Crippen LogP contribution is 2.17. The highest BCUT2D eigenvalue weighted by atomic mass is 32.2. The SMILES string of the molecule is CC(C)N(C)S(=O)(=O)c1ccc(C(=O)NCc2cnn(-c3ccccc3)c2)cc1. The van der Waals surface area contributed by atoms with Crippen molar-refractivity contribution in [2.45, 2.75) is 31.3 Å². The van der Waals surface area contributed by atoms with Gasteiger partial charge in [0.1, 0.15) is 0 Å². The molecule has 0 aliphatic carbocycles. The molecule has 152 valence electrons. The quantitative estimate of drug-likeness (QED) is 0.647. The van der Waals surface area contributed by atoms with Crippen molar-refractivity contribution >= 4 is 15.9 Å². The number of hydrogen-bond donors (Lipinski definition) is 1. The first-order valence-electron chi connectivity index (χ1n) is 9.24. The lowest BCUT2D eigenvalue weighted by Gasteiger charge is -2.21. The van der Waals surface area contributed by atoms with Crippen molar-refractivity contribution in [1.29, 1.82) is 0 Å². The van der Waals surface area contributed by atoms with Gasteiger partial charge in [-0.3, -0.25) is 4.79 Å². The molecule has 8 heteroatoms. The van der Waals surface area contributed by atoms with Gasteiger partial charge in [-0.2, -0.15) is 9.40 Å². The van der Waals surface area contributed by atoms with E-state index in [9.17, 15) is 13.2 Å². The zero-order valence-electron chi connectivity index (χ0n) is 16.6. The van der Waals surface area contributed by atoms with Gasteiger partial charge >= 0.3 is 0 Å². The lowest BCUT2D eigenvalue weighted by atomic mass is 10.2.